The van der Waals surface area contributed by atoms with Gasteiger partial charge in [0.25, 0.3) is 0 Å². The van der Waals surface area contributed by atoms with E-state index in [2.05, 4.69) is 4.98 Å². The Morgan fingerprint density at radius 3 is 1.65 bits per heavy atom. The van der Waals surface area contributed by atoms with Crippen LogP contribution in [0.5, 0.6) is 0 Å². The number of rotatable bonds is 4. The van der Waals surface area contributed by atoms with Gasteiger partial charge in [-0.3, -0.25) is 0 Å². The monoisotopic (exact) mass is 241 g/mol. The Bertz CT molecular complexity index is 325. The molecule has 17 heavy (non-hydrogen) atoms. The zero-order chi connectivity index (χ0) is 13.3. The Morgan fingerprint density at radius 1 is 1.00 bits per heavy atom. The van der Waals surface area contributed by atoms with Crippen molar-refractivity contribution in [1.29, 1.82) is 0 Å². The molecule has 0 atom stereocenters. The van der Waals surface area contributed by atoms with Crippen molar-refractivity contribution in [3.63, 3.8) is 0 Å². The van der Waals surface area contributed by atoms with Gasteiger partial charge in [-0.1, -0.05) is 13.8 Å². The second kappa shape index (κ2) is 8.38. The van der Waals surface area contributed by atoms with E-state index in [1.54, 1.807) is 13.8 Å². The summed E-state index contributed by atoms with van der Waals surface area (Å²) < 4.78 is 9.58. The van der Waals surface area contributed by atoms with E-state index in [0.717, 1.165) is 0 Å². The number of hydrogen-bond acceptors (Lipinski definition) is 4. The van der Waals surface area contributed by atoms with E-state index in [-0.39, 0.29) is 24.3 Å². The number of esters is 2. The fourth-order valence-electron chi connectivity index (χ4n) is 1.12. The van der Waals surface area contributed by atoms with Gasteiger partial charge in [0.1, 0.15) is 0 Å². The Balaban J connectivity index is 0.00000121. The molecular weight excluding hydrogens is 222 g/mol. The van der Waals surface area contributed by atoms with Gasteiger partial charge in [-0.05, 0) is 13.8 Å². The minimum Gasteiger partial charge on any atom is -0.462 e. The van der Waals surface area contributed by atoms with Crippen molar-refractivity contribution in [1.82, 2.24) is 4.98 Å². The third kappa shape index (κ3) is 4.30. The lowest BCUT2D eigenvalue weighted by molar-refractivity contribution is 0.0480. The van der Waals surface area contributed by atoms with Crippen LogP contribution >= 0.6 is 0 Å². The van der Waals surface area contributed by atoms with Crippen molar-refractivity contribution in [2.75, 3.05) is 13.2 Å². The van der Waals surface area contributed by atoms with Gasteiger partial charge >= 0.3 is 11.9 Å². The maximum Gasteiger partial charge on any atom is 0.340 e. The molecule has 1 aromatic rings. The molecule has 96 valence electrons. The number of ether oxygens (including phenoxy) is 2. The normalized spacial score (nSPS) is 8.94. The predicted molar refractivity (Wildman–Crippen MR) is 64.1 cm³/mol. The van der Waals surface area contributed by atoms with Gasteiger partial charge in [-0.15, -0.1) is 0 Å². The summed E-state index contributed by atoms with van der Waals surface area (Å²) in [7, 11) is 0. The van der Waals surface area contributed by atoms with E-state index >= 15 is 0 Å². The molecule has 0 saturated carbocycles. The third-order valence-electron chi connectivity index (χ3n) is 1.74. The van der Waals surface area contributed by atoms with Crippen LogP contribution in [0.25, 0.3) is 0 Å². The Kier molecular flexibility index (Phi) is 7.50. The second-order valence-corrected chi connectivity index (χ2v) is 2.72. The lowest BCUT2D eigenvalue weighted by Gasteiger charge is -2.02. The lowest BCUT2D eigenvalue weighted by atomic mass is 10.2. The van der Waals surface area contributed by atoms with Gasteiger partial charge in [0.05, 0.1) is 24.3 Å². The molecule has 0 radical (unpaired) electrons. The van der Waals surface area contributed by atoms with Gasteiger partial charge in [-0.25, -0.2) is 9.59 Å². The largest absolute Gasteiger partial charge is 0.462 e. The summed E-state index contributed by atoms with van der Waals surface area (Å²) in [5, 5.41) is 0. The molecule has 0 amide bonds. The number of aromatic nitrogens is 1. The first-order chi connectivity index (χ1) is 8.20. The summed E-state index contributed by atoms with van der Waals surface area (Å²) in [5.41, 5.74) is 0.408. The molecule has 0 saturated heterocycles. The summed E-state index contributed by atoms with van der Waals surface area (Å²) in [6.45, 7) is 7.95. The average molecular weight is 241 g/mol. The number of hydrogen-bond donors (Lipinski definition) is 1. The van der Waals surface area contributed by atoms with Gasteiger partial charge < -0.3 is 14.5 Å². The molecule has 1 heterocycles. The number of carbonyl (C=O) groups excluding carboxylic acids is 2. The van der Waals surface area contributed by atoms with Gasteiger partial charge in [0.2, 0.25) is 0 Å². The zero-order valence-electron chi connectivity index (χ0n) is 10.7. The van der Waals surface area contributed by atoms with Crippen LogP contribution in [0.1, 0.15) is 48.4 Å². The first-order valence-electron chi connectivity index (χ1n) is 5.71. The van der Waals surface area contributed by atoms with E-state index in [4.69, 9.17) is 9.47 Å². The fraction of sp³-hybridized carbons (Fsp3) is 0.500. The molecule has 0 aliphatic heterocycles. The second-order valence-electron chi connectivity index (χ2n) is 2.72. The van der Waals surface area contributed by atoms with E-state index in [1.165, 1.54) is 12.4 Å². The Hall–Kier alpha value is -1.78. The minimum absolute atomic E-state index is 0.204. The summed E-state index contributed by atoms with van der Waals surface area (Å²) in [6, 6.07) is 0. The first-order valence-corrected chi connectivity index (χ1v) is 5.71. The quantitative estimate of drug-likeness (QED) is 0.822. The van der Waals surface area contributed by atoms with Crippen LogP contribution in [-0.2, 0) is 9.47 Å². The van der Waals surface area contributed by atoms with Gasteiger partial charge in [0.15, 0.2) is 0 Å². The molecule has 0 bridgehead atoms. The highest BCUT2D eigenvalue weighted by Crippen LogP contribution is 2.11. The third-order valence-corrected chi connectivity index (χ3v) is 1.74. The molecule has 5 nitrogen and oxygen atoms in total. The van der Waals surface area contributed by atoms with E-state index in [0.29, 0.717) is 0 Å². The highest BCUT2D eigenvalue weighted by atomic mass is 16.5. The molecule has 1 rings (SSSR count). The highest BCUT2D eigenvalue weighted by molar-refractivity contribution is 6.03. The maximum atomic E-state index is 11.4. The standard InChI is InChI=1S/C10H13NO4.C2H6/c1-3-14-9(12)7-5-11-6-8(7)10(13)15-4-2;1-2/h5-6,11H,3-4H2,1-2H3;1-2H3. The van der Waals surface area contributed by atoms with Crippen LogP contribution in [-0.4, -0.2) is 30.1 Å². The fourth-order valence-corrected chi connectivity index (χ4v) is 1.12. The van der Waals surface area contributed by atoms with Crippen LogP contribution in [0.4, 0.5) is 0 Å². The van der Waals surface area contributed by atoms with Crippen LogP contribution in [0.2, 0.25) is 0 Å². The SMILES string of the molecule is CC.CCOC(=O)c1c[nH]cc1C(=O)OCC. The highest BCUT2D eigenvalue weighted by Gasteiger charge is 2.19. The molecule has 0 unspecified atom stereocenters. The summed E-state index contributed by atoms with van der Waals surface area (Å²) in [6.07, 6.45) is 2.84. The molecule has 0 fully saturated rings. The molecule has 1 N–H and O–H groups in total. The molecule has 5 heteroatoms. The number of aromatic amines is 1. The van der Waals surface area contributed by atoms with Gasteiger partial charge in [0, 0.05) is 12.4 Å². The van der Waals surface area contributed by atoms with Crippen LogP contribution < -0.4 is 0 Å². The van der Waals surface area contributed by atoms with Crippen molar-refractivity contribution in [3.05, 3.63) is 23.5 Å². The number of H-pyrrole nitrogens is 1. The predicted octanol–water partition coefficient (Wildman–Crippen LogP) is 2.39. The Morgan fingerprint density at radius 2 is 1.35 bits per heavy atom. The van der Waals surface area contributed by atoms with E-state index in [1.807, 2.05) is 13.8 Å². The summed E-state index contributed by atoms with van der Waals surface area (Å²) in [5.74, 6) is -1.05. The average Bonchev–Trinajstić information content (AvgIpc) is 2.81. The van der Waals surface area contributed by atoms with Crippen molar-refractivity contribution in [3.8, 4) is 0 Å². The molecule has 1 aromatic heterocycles. The van der Waals surface area contributed by atoms with Crippen molar-refractivity contribution in [2.45, 2.75) is 27.7 Å². The zero-order valence-corrected chi connectivity index (χ0v) is 10.7. The molecule has 0 spiro atoms. The van der Waals surface area contributed by atoms with Crippen LogP contribution in [0.3, 0.4) is 0 Å². The maximum absolute atomic E-state index is 11.4. The first kappa shape index (κ1) is 15.2. The molecular formula is C12H19NO4. The van der Waals surface area contributed by atoms with Crippen LogP contribution in [0, 0.1) is 0 Å². The number of nitrogens with one attached hydrogen (secondary N) is 1. The Labute approximate surface area is 101 Å². The van der Waals surface area contributed by atoms with E-state index < -0.39 is 11.9 Å². The number of carbonyl (C=O) groups is 2. The molecule has 0 aliphatic rings. The lowest BCUT2D eigenvalue weighted by Crippen LogP contribution is -2.11. The van der Waals surface area contributed by atoms with E-state index in [9.17, 15) is 9.59 Å². The minimum atomic E-state index is -0.526. The van der Waals surface area contributed by atoms with Crippen molar-refractivity contribution >= 4 is 11.9 Å². The van der Waals surface area contributed by atoms with Crippen molar-refractivity contribution in [2.24, 2.45) is 0 Å². The summed E-state index contributed by atoms with van der Waals surface area (Å²) >= 11 is 0. The van der Waals surface area contributed by atoms with Crippen molar-refractivity contribution < 1.29 is 19.1 Å². The molecule has 0 aromatic carbocycles. The smallest absolute Gasteiger partial charge is 0.340 e. The van der Waals surface area contributed by atoms with Crippen LogP contribution in [0.15, 0.2) is 12.4 Å². The van der Waals surface area contributed by atoms with Gasteiger partial charge in [-0.2, -0.15) is 0 Å². The summed E-state index contributed by atoms with van der Waals surface area (Å²) in [4.78, 5) is 25.4. The topological polar surface area (TPSA) is 68.4 Å². The molecule has 0 aliphatic carbocycles.